The van der Waals surface area contributed by atoms with E-state index in [1.807, 2.05) is 0 Å². The van der Waals surface area contributed by atoms with Crippen LogP contribution in [0.4, 0.5) is 0 Å². The maximum absolute atomic E-state index is 12.1. The average molecular weight is 307 g/mol. The van der Waals surface area contributed by atoms with Gasteiger partial charge in [0.05, 0.1) is 17.6 Å². The number of carbonyl (C=O) groups excluding carboxylic acids is 2. The normalized spacial score (nSPS) is 18.9. The predicted octanol–water partition coefficient (Wildman–Crippen LogP) is 1.77. The van der Waals surface area contributed by atoms with Crippen molar-refractivity contribution >= 4 is 24.3 Å². The van der Waals surface area contributed by atoms with Crippen LogP contribution < -0.4 is 11.1 Å². The number of ether oxygens (including phenoxy) is 1. The van der Waals surface area contributed by atoms with Crippen molar-refractivity contribution in [3.63, 3.8) is 0 Å². The summed E-state index contributed by atoms with van der Waals surface area (Å²) in [5.74, 6) is -0.778. The fourth-order valence-electron chi connectivity index (χ4n) is 2.26. The molecule has 0 aliphatic heterocycles. The quantitative estimate of drug-likeness (QED) is 0.759. The largest absolute Gasteiger partial charge is 0.463 e. The van der Waals surface area contributed by atoms with Crippen molar-refractivity contribution in [3.8, 4) is 0 Å². The molecule has 118 valence electrons. The highest BCUT2D eigenvalue weighted by atomic mass is 35.5. The fraction of sp³-hybridized carbons (Fsp3) is 0.857. The van der Waals surface area contributed by atoms with E-state index in [0.29, 0.717) is 0 Å². The average Bonchev–Trinajstić information content (AvgIpc) is 2.35. The summed E-state index contributed by atoms with van der Waals surface area (Å²) in [5.41, 5.74) is 5.37. The number of halogens is 1. The van der Waals surface area contributed by atoms with E-state index in [0.717, 1.165) is 32.1 Å². The lowest BCUT2D eigenvalue weighted by Crippen LogP contribution is -2.55. The molecule has 0 aromatic carbocycles. The second kappa shape index (κ2) is 8.47. The second-order valence-electron chi connectivity index (χ2n) is 5.81. The summed E-state index contributed by atoms with van der Waals surface area (Å²) in [7, 11) is 0. The van der Waals surface area contributed by atoms with Crippen LogP contribution in [-0.2, 0) is 14.3 Å². The Bertz CT molecular complexity index is 328. The number of nitrogens with two attached hydrogens (primary N) is 1. The first kappa shape index (κ1) is 19.2. The van der Waals surface area contributed by atoms with Crippen LogP contribution in [0.25, 0.3) is 0 Å². The molecular weight excluding hydrogens is 280 g/mol. The van der Waals surface area contributed by atoms with Crippen LogP contribution in [0.1, 0.15) is 52.9 Å². The lowest BCUT2D eigenvalue weighted by atomic mass is 9.82. The molecule has 6 heteroatoms. The highest BCUT2D eigenvalue weighted by Gasteiger charge is 2.35. The van der Waals surface area contributed by atoms with Gasteiger partial charge in [0, 0.05) is 6.54 Å². The van der Waals surface area contributed by atoms with Crippen molar-refractivity contribution in [3.05, 3.63) is 0 Å². The molecule has 0 heterocycles. The molecule has 0 aromatic rings. The highest BCUT2D eigenvalue weighted by Crippen LogP contribution is 2.25. The molecule has 1 saturated carbocycles. The van der Waals surface area contributed by atoms with Gasteiger partial charge >= 0.3 is 5.97 Å². The summed E-state index contributed by atoms with van der Waals surface area (Å²) in [6, 6.07) is 0. The number of carbonyl (C=O) groups is 2. The van der Waals surface area contributed by atoms with E-state index < -0.39 is 5.54 Å². The molecule has 5 nitrogen and oxygen atoms in total. The minimum absolute atomic E-state index is 0. The van der Waals surface area contributed by atoms with Gasteiger partial charge < -0.3 is 15.8 Å². The van der Waals surface area contributed by atoms with Crippen LogP contribution >= 0.6 is 12.4 Å². The summed E-state index contributed by atoms with van der Waals surface area (Å²) in [6.45, 7) is 5.64. The Morgan fingerprint density at radius 2 is 1.75 bits per heavy atom. The molecule has 0 aromatic heterocycles. The van der Waals surface area contributed by atoms with E-state index in [-0.39, 0.29) is 42.9 Å². The van der Waals surface area contributed by atoms with E-state index in [1.165, 1.54) is 0 Å². The molecule has 1 amide bonds. The highest BCUT2D eigenvalue weighted by molar-refractivity contribution is 5.86. The van der Waals surface area contributed by atoms with Crippen LogP contribution in [0, 0.1) is 5.92 Å². The topological polar surface area (TPSA) is 81.4 Å². The molecular formula is C14H27ClN2O3. The van der Waals surface area contributed by atoms with Gasteiger partial charge in [-0.3, -0.25) is 9.59 Å². The number of esters is 1. The van der Waals surface area contributed by atoms with Gasteiger partial charge in [-0.05, 0) is 26.7 Å². The van der Waals surface area contributed by atoms with Gasteiger partial charge in [-0.25, -0.2) is 0 Å². The molecule has 1 fully saturated rings. The van der Waals surface area contributed by atoms with Crippen molar-refractivity contribution in [1.29, 1.82) is 0 Å². The van der Waals surface area contributed by atoms with Crippen LogP contribution in [-0.4, -0.2) is 30.1 Å². The Hall–Kier alpha value is -0.810. The zero-order chi connectivity index (χ0) is 14.5. The van der Waals surface area contributed by atoms with Gasteiger partial charge in [-0.15, -0.1) is 12.4 Å². The number of hydrogen-bond donors (Lipinski definition) is 2. The molecule has 20 heavy (non-hydrogen) atoms. The van der Waals surface area contributed by atoms with E-state index in [2.05, 4.69) is 5.32 Å². The Kier molecular flexibility index (Phi) is 8.13. The van der Waals surface area contributed by atoms with Crippen molar-refractivity contribution in [2.24, 2.45) is 11.7 Å². The third-order valence-electron chi connectivity index (χ3n) is 3.52. The van der Waals surface area contributed by atoms with Crippen molar-refractivity contribution < 1.29 is 14.3 Å². The Morgan fingerprint density at radius 3 is 2.25 bits per heavy atom. The van der Waals surface area contributed by atoms with Crippen LogP contribution in [0.15, 0.2) is 0 Å². The summed E-state index contributed by atoms with van der Waals surface area (Å²) >= 11 is 0. The molecule has 1 atom stereocenters. The summed E-state index contributed by atoms with van der Waals surface area (Å²) in [6.07, 6.45) is 4.45. The lowest BCUT2D eigenvalue weighted by molar-refractivity contribution is -0.151. The van der Waals surface area contributed by atoms with Crippen molar-refractivity contribution in [2.45, 2.75) is 64.5 Å². The van der Waals surface area contributed by atoms with E-state index >= 15 is 0 Å². The van der Waals surface area contributed by atoms with Crippen molar-refractivity contribution in [2.75, 3.05) is 6.54 Å². The molecule has 0 radical (unpaired) electrons. The number of nitrogens with one attached hydrogen (secondary N) is 1. The SMILES string of the molecule is CC(C)OC(=O)C(C)CNC(=O)C1(N)CCCCC1.Cl. The molecule has 0 bridgehead atoms. The third-order valence-corrected chi connectivity index (χ3v) is 3.52. The van der Waals surface area contributed by atoms with Crippen LogP contribution in [0.2, 0.25) is 0 Å². The van der Waals surface area contributed by atoms with Gasteiger partial charge in [-0.1, -0.05) is 26.2 Å². The maximum atomic E-state index is 12.1. The lowest BCUT2D eigenvalue weighted by Gasteiger charge is -2.32. The van der Waals surface area contributed by atoms with Crippen LogP contribution in [0.3, 0.4) is 0 Å². The summed E-state index contributed by atoms with van der Waals surface area (Å²) in [4.78, 5) is 23.7. The summed E-state index contributed by atoms with van der Waals surface area (Å²) in [5, 5.41) is 2.78. The Balaban J connectivity index is 0.00000361. The number of amides is 1. The molecule has 0 spiro atoms. The number of rotatable bonds is 5. The Labute approximate surface area is 127 Å². The van der Waals surface area contributed by atoms with Gasteiger partial charge in [-0.2, -0.15) is 0 Å². The standard InChI is InChI=1S/C14H26N2O3.ClH/c1-10(2)19-12(17)11(3)9-16-13(18)14(15)7-5-4-6-8-14;/h10-11H,4-9,15H2,1-3H3,(H,16,18);1H. The fourth-order valence-corrected chi connectivity index (χ4v) is 2.26. The first-order valence-electron chi connectivity index (χ1n) is 7.13. The summed E-state index contributed by atoms with van der Waals surface area (Å²) < 4.78 is 5.09. The van der Waals surface area contributed by atoms with Gasteiger partial charge in [0.25, 0.3) is 0 Å². The van der Waals surface area contributed by atoms with E-state index in [1.54, 1.807) is 20.8 Å². The van der Waals surface area contributed by atoms with Crippen molar-refractivity contribution in [1.82, 2.24) is 5.32 Å². The first-order valence-corrected chi connectivity index (χ1v) is 7.13. The molecule has 1 unspecified atom stereocenters. The zero-order valence-corrected chi connectivity index (χ0v) is 13.4. The van der Waals surface area contributed by atoms with E-state index in [4.69, 9.17) is 10.5 Å². The molecule has 1 rings (SSSR count). The Morgan fingerprint density at radius 1 is 1.20 bits per heavy atom. The monoisotopic (exact) mass is 306 g/mol. The second-order valence-corrected chi connectivity index (χ2v) is 5.81. The first-order chi connectivity index (χ1) is 8.85. The molecule has 1 aliphatic rings. The van der Waals surface area contributed by atoms with Crippen LogP contribution in [0.5, 0.6) is 0 Å². The van der Waals surface area contributed by atoms with Gasteiger partial charge in [0.1, 0.15) is 0 Å². The smallest absolute Gasteiger partial charge is 0.310 e. The number of hydrogen-bond acceptors (Lipinski definition) is 4. The molecule has 3 N–H and O–H groups in total. The maximum Gasteiger partial charge on any atom is 0.310 e. The van der Waals surface area contributed by atoms with Gasteiger partial charge in [0.15, 0.2) is 0 Å². The minimum atomic E-state index is -0.750. The molecule has 0 saturated heterocycles. The predicted molar refractivity (Wildman–Crippen MR) is 80.7 cm³/mol. The van der Waals surface area contributed by atoms with E-state index in [9.17, 15) is 9.59 Å². The van der Waals surface area contributed by atoms with Gasteiger partial charge in [0.2, 0.25) is 5.91 Å². The minimum Gasteiger partial charge on any atom is -0.463 e. The third kappa shape index (κ3) is 5.67. The molecule has 1 aliphatic carbocycles. The zero-order valence-electron chi connectivity index (χ0n) is 12.6.